The molecule has 1 aromatic rings. The molecule has 0 amide bonds. The first-order valence-corrected chi connectivity index (χ1v) is 9.45. The zero-order valence-corrected chi connectivity index (χ0v) is 14.0. The number of phenolic OH excluding ortho intramolecular Hbond substituents is 1. The lowest BCUT2D eigenvalue weighted by atomic mass is 9.85. The van der Waals surface area contributed by atoms with E-state index in [-0.39, 0.29) is 35.0 Å². The molecule has 23 heavy (non-hydrogen) atoms. The summed E-state index contributed by atoms with van der Waals surface area (Å²) < 4.78 is 33.0. The number of sulfonamides is 1. The Hall–Kier alpha value is -1.31. The maximum absolute atomic E-state index is 13.2. The molecule has 3 rings (SSSR count). The standard InChI is InChI=1S/C16H23NO5S/c1-22-15-8-4-7-14(19)16(15)23(20,21)17-12(10-18)9-11-5-2-3-6-13(11)17/h4,7-8,11-13,18-19H,2-3,5-6,9-10H2,1H3/t11-,12-,13-/m0/s1. The summed E-state index contributed by atoms with van der Waals surface area (Å²) in [5.41, 5.74) is 0. The molecule has 2 aliphatic rings. The summed E-state index contributed by atoms with van der Waals surface area (Å²) in [6.07, 6.45) is 4.56. The molecule has 1 aliphatic carbocycles. The lowest BCUT2D eigenvalue weighted by molar-refractivity contribution is 0.186. The molecule has 128 valence electrons. The van der Waals surface area contributed by atoms with Crippen LogP contribution in [-0.2, 0) is 10.0 Å². The highest BCUT2D eigenvalue weighted by Crippen LogP contribution is 2.45. The van der Waals surface area contributed by atoms with Gasteiger partial charge in [0.15, 0.2) is 4.90 Å². The molecule has 1 aromatic carbocycles. The van der Waals surface area contributed by atoms with Crippen LogP contribution in [-0.4, -0.2) is 48.7 Å². The van der Waals surface area contributed by atoms with Crippen molar-refractivity contribution in [3.63, 3.8) is 0 Å². The van der Waals surface area contributed by atoms with E-state index in [0.29, 0.717) is 6.42 Å². The third kappa shape index (κ3) is 2.70. The van der Waals surface area contributed by atoms with Gasteiger partial charge in [0.25, 0.3) is 10.0 Å². The Bertz CT molecular complexity index is 675. The summed E-state index contributed by atoms with van der Waals surface area (Å²) in [5.74, 6) is 0.0915. The molecule has 0 spiro atoms. The van der Waals surface area contributed by atoms with Gasteiger partial charge in [-0.3, -0.25) is 0 Å². The molecule has 1 aliphatic heterocycles. The van der Waals surface area contributed by atoms with Crippen LogP contribution in [0, 0.1) is 5.92 Å². The lowest BCUT2D eigenvalue weighted by Gasteiger charge is -2.33. The average Bonchev–Trinajstić information content (AvgIpc) is 2.93. The molecule has 0 bridgehead atoms. The van der Waals surface area contributed by atoms with Crippen molar-refractivity contribution < 1.29 is 23.4 Å². The fourth-order valence-corrected chi connectivity index (χ4v) is 6.21. The van der Waals surface area contributed by atoms with Crippen LogP contribution in [0.4, 0.5) is 0 Å². The number of nitrogens with zero attached hydrogens (tertiary/aromatic N) is 1. The third-order valence-electron chi connectivity index (χ3n) is 5.05. The lowest BCUT2D eigenvalue weighted by Crippen LogP contribution is -2.44. The van der Waals surface area contributed by atoms with Gasteiger partial charge in [0, 0.05) is 12.1 Å². The number of aromatic hydroxyl groups is 1. The highest BCUT2D eigenvalue weighted by molar-refractivity contribution is 7.89. The number of aliphatic hydroxyl groups excluding tert-OH is 1. The van der Waals surface area contributed by atoms with E-state index in [9.17, 15) is 18.6 Å². The van der Waals surface area contributed by atoms with Gasteiger partial charge in [-0.15, -0.1) is 0 Å². The Morgan fingerprint density at radius 3 is 2.74 bits per heavy atom. The number of hydrogen-bond donors (Lipinski definition) is 2. The van der Waals surface area contributed by atoms with E-state index in [4.69, 9.17) is 4.74 Å². The molecule has 1 saturated carbocycles. The molecular formula is C16H23NO5S. The van der Waals surface area contributed by atoms with Crippen molar-refractivity contribution in [1.82, 2.24) is 4.31 Å². The minimum atomic E-state index is -3.95. The van der Waals surface area contributed by atoms with Gasteiger partial charge in [0.2, 0.25) is 0 Å². The maximum Gasteiger partial charge on any atom is 0.251 e. The van der Waals surface area contributed by atoms with Gasteiger partial charge in [-0.05, 0) is 37.3 Å². The molecule has 3 atom stereocenters. The van der Waals surface area contributed by atoms with Crippen molar-refractivity contribution in [3.05, 3.63) is 18.2 Å². The number of aliphatic hydroxyl groups is 1. The van der Waals surface area contributed by atoms with Crippen LogP contribution in [0.25, 0.3) is 0 Å². The second-order valence-corrected chi connectivity index (χ2v) is 8.11. The normalized spacial score (nSPS) is 28.5. The SMILES string of the molecule is COc1cccc(O)c1S(=O)(=O)N1[C@H](CO)C[C@@H]2CCCC[C@@H]21. The molecular weight excluding hydrogens is 318 g/mol. The number of fused-ring (bicyclic) bond motifs is 1. The van der Waals surface area contributed by atoms with Crippen LogP contribution in [0.3, 0.4) is 0 Å². The number of ether oxygens (including phenoxy) is 1. The van der Waals surface area contributed by atoms with Crippen LogP contribution < -0.4 is 4.74 Å². The summed E-state index contributed by atoms with van der Waals surface area (Å²) in [4.78, 5) is -0.202. The minimum Gasteiger partial charge on any atom is -0.506 e. The zero-order chi connectivity index (χ0) is 16.6. The molecule has 1 heterocycles. The predicted octanol–water partition coefficient (Wildman–Crippen LogP) is 1.71. The largest absolute Gasteiger partial charge is 0.506 e. The van der Waals surface area contributed by atoms with E-state index >= 15 is 0 Å². The van der Waals surface area contributed by atoms with E-state index in [2.05, 4.69) is 0 Å². The number of rotatable bonds is 4. The number of phenols is 1. The topological polar surface area (TPSA) is 87.1 Å². The summed E-state index contributed by atoms with van der Waals surface area (Å²) in [7, 11) is -2.57. The first-order chi connectivity index (χ1) is 11.0. The number of hydrogen-bond acceptors (Lipinski definition) is 5. The van der Waals surface area contributed by atoms with Crippen LogP contribution in [0.2, 0.25) is 0 Å². The van der Waals surface area contributed by atoms with Crippen molar-refractivity contribution in [2.45, 2.75) is 49.1 Å². The molecule has 0 radical (unpaired) electrons. The van der Waals surface area contributed by atoms with Gasteiger partial charge in [-0.1, -0.05) is 18.9 Å². The average molecular weight is 341 g/mol. The molecule has 0 aromatic heterocycles. The van der Waals surface area contributed by atoms with Crippen molar-refractivity contribution in [1.29, 1.82) is 0 Å². The second-order valence-electron chi connectivity index (χ2n) is 6.33. The second kappa shape index (κ2) is 6.30. The van der Waals surface area contributed by atoms with Gasteiger partial charge >= 0.3 is 0 Å². The monoisotopic (exact) mass is 341 g/mol. The van der Waals surface area contributed by atoms with Crippen LogP contribution in [0.15, 0.2) is 23.1 Å². The fraction of sp³-hybridized carbons (Fsp3) is 0.625. The van der Waals surface area contributed by atoms with Crippen LogP contribution in [0.5, 0.6) is 11.5 Å². The Labute approximate surface area is 136 Å². The molecule has 0 unspecified atom stereocenters. The Morgan fingerprint density at radius 1 is 1.30 bits per heavy atom. The van der Waals surface area contributed by atoms with Crippen molar-refractivity contribution >= 4 is 10.0 Å². The number of benzene rings is 1. The zero-order valence-electron chi connectivity index (χ0n) is 13.2. The quantitative estimate of drug-likeness (QED) is 0.871. The first kappa shape index (κ1) is 16.5. The minimum absolute atomic E-state index is 0.102. The number of methoxy groups -OCH3 is 1. The Morgan fingerprint density at radius 2 is 2.04 bits per heavy atom. The summed E-state index contributed by atoms with van der Waals surface area (Å²) in [6, 6.07) is 3.88. The van der Waals surface area contributed by atoms with Crippen molar-refractivity contribution in [2.24, 2.45) is 5.92 Å². The van der Waals surface area contributed by atoms with Gasteiger partial charge in [0.05, 0.1) is 13.7 Å². The van der Waals surface area contributed by atoms with Crippen molar-refractivity contribution in [2.75, 3.05) is 13.7 Å². The Balaban J connectivity index is 2.08. The van der Waals surface area contributed by atoms with E-state index in [1.807, 2.05) is 0 Å². The molecule has 7 heteroatoms. The summed E-state index contributed by atoms with van der Waals surface area (Å²) in [6.45, 7) is -0.206. The van der Waals surface area contributed by atoms with E-state index in [1.165, 1.54) is 23.5 Å². The summed E-state index contributed by atoms with van der Waals surface area (Å²) in [5, 5.41) is 19.8. The first-order valence-electron chi connectivity index (χ1n) is 8.01. The maximum atomic E-state index is 13.2. The van der Waals surface area contributed by atoms with Gasteiger partial charge < -0.3 is 14.9 Å². The van der Waals surface area contributed by atoms with Crippen LogP contribution >= 0.6 is 0 Å². The van der Waals surface area contributed by atoms with Gasteiger partial charge in [0.1, 0.15) is 11.5 Å². The van der Waals surface area contributed by atoms with Crippen LogP contribution in [0.1, 0.15) is 32.1 Å². The predicted molar refractivity (Wildman–Crippen MR) is 84.9 cm³/mol. The van der Waals surface area contributed by atoms with Crippen molar-refractivity contribution in [3.8, 4) is 11.5 Å². The fourth-order valence-electron chi connectivity index (χ4n) is 4.08. The van der Waals surface area contributed by atoms with E-state index in [0.717, 1.165) is 25.7 Å². The molecule has 2 fully saturated rings. The highest BCUT2D eigenvalue weighted by Gasteiger charge is 2.49. The van der Waals surface area contributed by atoms with Gasteiger partial charge in [-0.2, -0.15) is 4.31 Å². The Kier molecular flexibility index (Phi) is 4.53. The smallest absolute Gasteiger partial charge is 0.251 e. The highest BCUT2D eigenvalue weighted by atomic mass is 32.2. The van der Waals surface area contributed by atoms with E-state index in [1.54, 1.807) is 6.07 Å². The molecule has 2 N–H and O–H groups in total. The summed E-state index contributed by atoms with van der Waals surface area (Å²) >= 11 is 0. The third-order valence-corrected chi connectivity index (χ3v) is 7.11. The molecule has 1 saturated heterocycles. The van der Waals surface area contributed by atoms with E-state index < -0.39 is 16.1 Å². The molecule has 6 nitrogen and oxygen atoms in total. The van der Waals surface area contributed by atoms with Gasteiger partial charge in [-0.25, -0.2) is 8.42 Å².